The summed E-state index contributed by atoms with van der Waals surface area (Å²) in [6.07, 6.45) is 1.47. The summed E-state index contributed by atoms with van der Waals surface area (Å²) in [5, 5.41) is 9.46. The molecular weight excluding hydrogens is 282 g/mol. The van der Waals surface area contributed by atoms with Crippen LogP contribution in [0.5, 0.6) is 0 Å². The number of nitrogens with zero attached hydrogens (tertiary/aromatic N) is 1. The third-order valence-corrected chi connectivity index (χ3v) is 3.59. The fraction of sp³-hybridized carbons (Fsp3) is 0.312. The Labute approximate surface area is 128 Å². The van der Waals surface area contributed by atoms with Crippen molar-refractivity contribution in [1.82, 2.24) is 15.5 Å². The van der Waals surface area contributed by atoms with E-state index < -0.39 is 12.0 Å². The third kappa shape index (κ3) is 3.33. The smallest absolute Gasteiger partial charge is 0.310 e. The number of aromatic nitrogens is 2. The molecule has 0 bridgehead atoms. The van der Waals surface area contributed by atoms with Crippen LogP contribution >= 0.6 is 0 Å². The molecule has 2 atom stereocenters. The normalized spacial score (nSPS) is 13.2. The van der Waals surface area contributed by atoms with Crippen molar-refractivity contribution in [3.05, 3.63) is 53.3 Å². The lowest BCUT2D eigenvalue weighted by atomic mass is 9.94. The van der Waals surface area contributed by atoms with Crippen LogP contribution in [0.3, 0.4) is 0 Å². The van der Waals surface area contributed by atoms with Gasteiger partial charge in [0.15, 0.2) is 0 Å². The first kappa shape index (κ1) is 15.8. The minimum atomic E-state index is -0.511. The molecule has 1 heterocycles. The minimum absolute atomic E-state index is 0.282. The number of nitrogens with one attached hydrogen (secondary N) is 2. The lowest BCUT2D eigenvalue weighted by Gasteiger charge is -2.24. The van der Waals surface area contributed by atoms with Gasteiger partial charge in [0.05, 0.1) is 30.8 Å². The fourth-order valence-electron chi connectivity index (χ4n) is 2.28. The number of carbonyl (C=O) groups is 2. The summed E-state index contributed by atoms with van der Waals surface area (Å²) in [6, 6.07) is 8.86. The first-order valence-corrected chi connectivity index (χ1v) is 6.98. The topological polar surface area (TPSA) is 84.1 Å². The zero-order valence-electron chi connectivity index (χ0n) is 12.8. The first-order chi connectivity index (χ1) is 10.5. The molecule has 1 aromatic carbocycles. The number of methoxy groups -OCH3 is 1. The number of ether oxygens (including phenoxy) is 1. The van der Waals surface area contributed by atoms with E-state index in [0.717, 1.165) is 5.56 Å². The highest BCUT2D eigenvalue weighted by Crippen LogP contribution is 2.23. The molecule has 2 N–H and O–H groups in total. The molecule has 2 rings (SSSR count). The quantitative estimate of drug-likeness (QED) is 0.827. The van der Waals surface area contributed by atoms with Crippen molar-refractivity contribution in [1.29, 1.82) is 0 Å². The van der Waals surface area contributed by atoms with Gasteiger partial charge in [0, 0.05) is 5.69 Å². The summed E-state index contributed by atoms with van der Waals surface area (Å²) >= 11 is 0. The van der Waals surface area contributed by atoms with Crippen molar-refractivity contribution >= 4 is 11.9 Å². The van der Waals surface area contributed by atoms with E-state index in [1.807, 2.05) is 30.3 Å². The Kier molecular flexibility index (Phi) is 4.93. The number of hydrogen-bond donors (Lipinski definition) is 2. The number of aromatic amines is 1. The van der Waals surface area contributed by atoms with Gasteiger partial charge in [-0.3, -0.25) is 14.7 Å². The van der Waals surface area contributed by atoms with Crippen molar-refractivity contribution < 1.29 is 14.3 Å². The van der Waals surface area contributed by atoms with Crippen LogP contribution in [0.4, 0.5) is 0 Å². The minimum Gasteiger partial charge on any atom is -0.469 e. The number of esters is 1. The van der Waals surface area contributed by atoms with Crippen molar-refractivity contribution in [3.8, 4) is 0 Å². The molecule has 6 heteroatoms. The van der Waals surface area contributed by atoms with Gasteiger partial charge in [0.25, 0.3) is 5.91 Å². The summed E-state index contributed by atoms with van der Waals surface area (Å²) in [7, 11) is 1.34. The maximum Gasteiger partial charge on any atom is 0.310 e. The molecule has 0 radical (unpaired) electrons. The van der Waals surface area contributed by atoms with E-state index >= 15 is 0 Å². The van der Waals surface area contributed by atoms with Gasteiger partial charge < -0.3 is 10.1 Å². The van der Waals surface area contributed by atoms with Crippen LogP contribution in [0.15, 0.2) is 36.5 Å². The van der Waals surface area contributed by atoms with E-state index in [4.69, 9.17) is 4.74 Å². The molecule has 6 nitrogen and oxygen atoms in total. The standard InChI is InChI=1S/C16H19N3O3/c1-10(16(21)22-3)14(12-7-5-4-6-8-12)18-15(20)13-9-17-19-11(13)2/h4-10,14H,1-3H3,(H,17,19)(H,18,20). The summed E-state index contributed by atoms with van der Waals surface area (Å²) in [5.74, 6) is -1.17. The molecule has 2 aromatic rings. The van der Waals surface area contributed by atoms with E-state index in [-0.39, 0.29) is 11.9 Å². The molecule has 0 aliphatic heterocycles. The van der Waals surface area contributed by atoms with Crippen LogP contribution in [0.2, 0.25) is 0 Å². The highest BCUT2D eigenvalue weighted by atomic mass is 16.5. The van der Waals surface area contributed by atoms with Crippen molar-refractivity contribution in [2.45, 2.75) is 19.9 Å². The number of amides is 1. The SMILES string of the molecule is COC(=O)C(C)C(NC(=O)c1cn[nH]c1C)c1ccccc1. The Balaban J connectivity index is 2.27. The van der Waals surface area contributed by atoms with Crippen LogP contribution in [0.1, 0.15) is 34.6 Å². The van der Waals surface area contributed by atoms with Crippen LogP contribution in [0.25, 0.3) is 0 Å². The molecule has 116 valence electrons. The average molecular weight is 301 g/mol. The molecule has 1 amide bonds. The molecule has 0 spiro atoms. The Hall–Kier alpha value is -2.63. The van der Waals surface area contributed by atoms with E-state index in [1.165, 1.54) is 13.3 Å². The van der Waals surface area contributed by atoms with Gasteiger partial charge in [-0.15, -0.1) is 0 Å². The van der Waals surface area contributed by atoms with E-state index in [1.54, 1.807) is 13.8 Å². The molecule has 0 saturated carbocycles. The molecule has 0 aliphatic rings. The monoisotopic (exact) mass is 301 g/mol. The molecule has 0 saturated heterocycles. The average Bonchev–Trinajstić information content (AvgIpc) is 2.98. The van der Waals surface area contributed by atoms with E-state index in [0.29, 0.717) is 11.3 Å². The highest BCUT2D eigenvalue weighted by molar-refractivity contribution is 5.95. The highest BCUT2D eigenvalue weighted by Gasteiger charge is 2.28. The molecule has 0 aliphatic carbocycles. The largest absolute Gasteiger partial charge is 0.469 e. The van der Waals surface area contributed by atoms with Gasteiger partial charge in [-0.25, -0.2) is 0 Å². The van der Waals surface area contributed by atoms with E-state index in [2.05, 4.69) is 15.5 Å². The van der Waals surface area contributed by atoms with Gasteiger partial charge in [-0.05, 0) is 19.4 Å². The molecular formula is C16H19N3O3. The summed E-state index contributed by atoms with van der Waals surface area (Å²) < 4.78 is 4.80. The zero-order valence-corrected chi connectivity index (χ0v) is 12.8. The summed E-state index contributed by atoms with van der Waals surface area (Å²) in [6.45, 7) is 3.50. The Morgan fingerprint density at radius 3 is 2.50 bits per heavy atom. The Bertz CT molecular complexity index is 652. The van der Waals surface area contributed by atoms with Crippen LogP contribution < -0.4 is 5.32 Å². The predicted octanol–water partition coefficient (Wildman–Crippen LogP) is 2.00. The molecule has 2 unspecified atom stereocenters. The van der Waals surface area contributed by atoms with Gasteiger partial charge in [0.2, 0.25) is 0 Å². The van der Waals surface area contributed by atoms with Gasteiger partial charge >= 0.3 is 5.97 Å². The van der Waals surface area contributed by atoms with Gasteiger partial charge in [-0.1, -0.05) is 30.3 Å². The number of rotatable bonds is 5. The third-order valence-electron chi connectivity index (χ3n) is 3.59. The Morgan fingerprint density at radius 2 is 1.95 bits per heavy atom. The summed E-state index contributed by atoms with van der Waals surface area (Å²) in [5.41, 5.74) is 1.97. The fourth-order valence-corrected chi connectivity index (χ4v) is 2.28. The molecule has 1 aromatic heterocycles. The second-order valence-corrected chi connectivity index (χ2v) is 5.08. The second kappa shape index (κ2) is 6.89. The summed E-state index contributed by atoms with van der Waals surface area (Å²) in [4.78, 5) is 24.3. The van der Waals surface area contributed by atoms with E-state index in [9.17, 15) is 9.59 Å². The van der Waals surface area contributed by atoms with Crippen molar-refractivity contribution in [2.75, 3.05) is 7.11 Å². The van der Waals surface area contributed by atoms with Crippen molar-refractivity contribution in [2.24, 2.45) is 5.92 Å². The Morgan fingerprint density at radius 1 is 1.27 bits per heavy atom. The first-order valence-electron chi connectivity index (χ1n) is 6.98. The second-order valence-electron chi connectivity index (χ2n) is 5.08. The molecule has 22 heavy (non-hydrogen) atoms. The molecule has 0 fully saturated rings. The predicted molar refractivity (Wildman–Crippen MR) is 81.2 cm³/mol. The van der Waals surface area contributed by atoms with Crippen LogP contribution in [-0.4, -0.2) is 29.2 Å². The lowest BCUT2D eigenvalue weighted by molar-refractivity contribution is -0.145. The van der Waals surface area contributed by atoms with Gasteiger partial charge in [0.1, 0.15) is 0 Å². The van der Waals surface area contributed by atoms with Crippen LogP contribution in [-0.2, 0) is 9.53 Å². The number of H-pyrrole nitrogens is 1. The zero-order chi connectivity index (χ0) is 16.1. The number of hydrogen-bond acceptors (Lipinski definition) is 4. The number of carbonyl (C=O) groups excluding carboxylic acids is 2. The number of benzene rings is 1. The van der Waals surface area contributed by atoms with Gasteiger partial charge in [-0.2, -0.15) is 5.10 Å². The van der Waals surface area contributed by atoms with Crippen molar-refractivity contribution in [3.63, 3.8) is 0 Å². The number of aryl methyl sites for hydroxylation is 1. The van der Waals surface area contributed by atoms with Crippen LogP contribution in [0, 0.1) is 12.8 Å². The lowest BCUT2D eigenvalue weighted by Crippen LogP contribution is -2.36. The maximum atomic E-state index is 12.4. The maximum absolute atomic E-state index is 12.4.